The van der Waals surface area contributed by atoms with Crippen molar-refractivity contribution in [1.82, 2.24) is 10.9 Å². The topological polar surface area (TPSA) is 95.1 Å². The molecule has 0 aromatic rings. The van der Waals surface area contributed by atoms with Gasteiger partial charge >= 0.3 is 15.2 Å². The molecule has 1 aliphatic rings. The second kappa shape index (κ2) is 11.8. The molecule has 0 heterocycles. The molecule has 1 fully saturated rings. The van der Waals surface area contributed by atoms with Gasteiger partial charge in [-0.15, -0.1) is 0 Å². The summed E-state index contributed by atoms with van der Waals surface area (Å²) < 4.78 is 48.2. The van der Waals surface area contributed by atoms with E-state index in [2.05, 4.69) is 10.9 Å². The summed E-state index contributed by atoms with van der Waals surface area (Å²) in [6, 6.07) is 0.213. The number of rotatable bonds is 13. The number of hydrazine groups is 1. The van der Waals surface area contributed by atoms with Gasteiger partial charge in [0.2, 0.25) is 5.52 Å². The predicted octanol–water partition coefficient (Wildman–Crippen LogP) is 4.23. The first-order chi connectivity index (χ1) is 12.0. The van der Waals surface area contributed by atoms with E-state index in [1.54, 1.807) is 27.7 Å². The fourth-order valence-corrected chi connectivity index (χ4v) is 7.65. The van der Waals surface area contributed by atoms with E-state index in [1.807, 2.05) is 0 Å². The van der Waals surface area contributed by atoms with E-state index < -0.39 is 20.7 Å². The minimum absolute atomic E-state index is 0.164. The van der Waals surface area contributed by atoms with E-state index in [9.17, 15) is 9.13 Å². The van der Waals surface area contributed by atoms with E-state index in [0.717, 1.165) is 25.7 Å². The van der Waals surface area contributed by atoms with Crippen molar-refractivity contribution in [3.05, 3.63) is 0 Å². The SMILES string of the molecule is CCOP(=O)(OCC)C(NNC1CCCCC1)P(=O)(OCC)OCC. The minimum Gasteiger partial charge on any atom is -0.307 e. The Kier molecular flexibility index (Phi) is 11.0. The molecule has 0 atom stereocenters. The lowest BCUT2D eigenvalue weighted by Crippen LogP contribution is -2.47. The van der Waals surface area contributed by atoms with Crippen LogP contribution in [0.5, 0.6) is 0 Å². The van der Waals surface area contributed by atoms with Gasteiger partial charge in [0.1, 0.15) is 0 Å². The van der Waals surface area contributed by atoms with E-state index >= 15 is 0 Å². The van der Waals surface area contributed by atoms with E-state index in [0.29, 0.717) is 0 Å². The van der Waals surface area contributed by atoms with Crippen molar-refractivity contribution in [3.8, 4) is 0 Å². The fraction of sp³-hybridized carbons (Fsp3) is 1.00. The fourth-order valence-electron chi connectivity index (χ4n) is 2.85. The van der Waals surface area contributed by atoms with Crippen LogP contribution in [0.15, 0.2) is 0 Å². The van der Waals surface area contributed by atoms with Crippen molar-refractivity contribution < 1.29 is 27.2 Å². The molecule has 0 bridgehead atoms. The van der Waals surface area contributed by atoms with Crippen LogP contribution >= 0.6 is 15.2 Å². The monoisotopic (exact) mass is 400 g/mol. The normalized spacial score (nSPS) is 17.3. The van der Waals surface area contributed by atoms with Crippen LogP contribution < -0.4 is 10.9 Å². The van der Waals surface area contributed by atoms with E-state index in [1.165, 1.54) is 6.42 Å². The maximum absolute atomic E-state index is 13.3. The van der Waals surface area contributed by atoms with Gasteiger partial charge in [0.05, 0.1) is 26.4 Å². The third-order valence-electron chi connectivity index (χ3n) is 3.86. The third kappa shape index (κ3) is 7.04. The summed E-state index contributed by atoms with van der Waals surface area (Å²) in [5, 5.41) is 0. The molecule has 0 aromatic carbocycles. The largest absolute Gasteiger partial charge is 0.361 e. The average molecular weight is 400 g/mol. The van der Waals surface area contributed by atoms with Gasteiger partial charge in [-0.3, -0.25) is 14.6 Å². The molecule has 1 rings (SSSR count). The molecule has 25 heavy (non-hydrogen) atoms. The molecule has 0 unspecified atom stereocenters. The Morgan fingerprint density at radius 1 is 0.800 bits per heavy atom. The molecule has 0 amide bonds. The lowest BCUT2D eigenvalue weighted by Gasteiger charge is -2.33. The van der Waals surface area contributed by atoms with Gasteiger partial charge in [-0.1, -0.05) is 19.3 Å². The molecular formula is C15H34N2O6P2. The second-order valence-corrected chi connectivity index (χ2v) is 10.4. The van der Waals surface area contributed by atoms with Crippen molar-refractivity contribution >= 4 is 15.2 Å². The highest BCUT2D eigenvalue weighted by atomic mass is 31.2. The van der Waals surface area contributed by atoms with E-state index in [-0.39, 0.29) is 32.5 Å². The Morgan fingerprint density at radius 2 is 1.20 bits per heavy atom. The lowest BCUT2D eigenvalue weighted by molar-refractivity contribution is 0.184. The molecular weight excluding hydrogens is 366 g/mol. The highest BCUT2D eigenvalue weighted by Crippen LogP contribution is 2.69. The zero-order chi connectivity index (χ0) is 18.8. The molecule has 10 heteroatoms. The lowest BCUT2D eigenvalue weighted by atomic mass is 9.96. The maximum Gasteiger partial charge on any atom is 0.361 e. The van der Waals surface area contributed by atoms with Gasteiger partial charge in [-0.2, -0.15) is 0 Å². The summed E-state index contributed by atoms with van der Waals surface area (Å²) in [4.78, 5) is 0. The predicted molar refractivity (Wildman–Crippen MR) is 98.6 cm³/mol. The quantitative estimate of drug-likeness (QED) is 0.350. The zero-order valence-electron chi connectivity index (χ0n) is 15.9. The number of hydrogen-bond acceptors (Lipinski definition) is 8. The van der Waals surface area contributed by atoms with Crippen LogP contribution in [0.3, 0.4) is 0 Å². The van der Waals surface area contributed by atoms with Crippen LogP contribution in [0.25, 0.3) is 0 Å². The van der Waals surface area contributed by atoms with Crippen LogP contribution in [0, 0.1) is 0 Å². The summed E-state index contributed by atoms with van der Waals surface area (Å²) >= 11 is 0. The standard InChI is InChI=1S/C15H34N2O6P2/c1-5-20-24(18,21-6-2)15(25(19,22-7-3)23-8-4)17-16-14-12-10-9-11-13-14/h14-17H,5-13H2,1-4H3. The van der Waals surface area contributed by atoms with Crippen molar-refractivity contribution in [1.29, 1.82) is 0 Å². The van der Waals surface area contributed by atoms with Crippen LogP contribution in [-0.4, -0.2) is 38.0 Å². The van der Waals surface area contributed by atoms with Crippen LogP contribution in [-0.2, 0) is 27.2 Å². The summed E-state index contributed by atoms with van der Waals surface area (Å²) in [6.07, 6.45) is 5.48. The van der Waals surface area contributed by atoms with Crippen LogP contribution in [0.4, 0.5) is 0 Å². The highest BCUT2D eigenvalue weighted by molar-refractivity contribution is 7.72. The van der Waals surface area contributed by atoms with Gasteiger partial charge in [-0.05, 0) is 40.5 Å². The molecule has 150 valence electrons. The average Bonchev–Trinajstić information content (AvgIpc) is 2.56. The number of hydrogen-bond donors (Lipinski definition) is 2. The Balaban J connectivity index is 3.04. The Morgan fingerprint density at radius 3 is 1.56 bits per heavy atom. The molecule has 1 aliphatic carbocycles. The summed E-state index contributed by atoms with van der Waals surface area (Å²) in [7, 11) is -7.53. The van der Waals surface area contributed by atoms with Crippen molar-refractivity contribution in [2.45, 2.75) is 71.4 Å². The third-order valence-corrected chi connectivity index (χ3v) is 9.48. The molecule has 0 spiro atoms. The van der Waals surface area contributed by atoms with E-state index in [4.69, 9.17) is 18.1 Å². The Labute approximate surface area is 151 Å². The first-order valence-electron chi connectivity index (χ1n) is 9.24. The van der Waals surface area contributed by atoms with Crippen molar-refractivity contribution in [3.63, 3.8) is 0 Å². The Bertz CT molecular complexity index is 409. The molecule has 0 aliphatic heterocycles. The molecule has 0 aromatic heterocycles. The minimum atomic E-state index is -3.76. The first kappa shape index (κ1) is 23.3. The molecule has 1 saturated carbocycles. The highest BCUT2D eigenvalue weighted by Gasteiger charge is 2.51. The van der Waals surface area contributed by atoms with Gasteiger partial charge in [0, 0.05) is 6.04 Å². The number of nitrogens with one attached hydrogen (secondary N) is 2. The summed E-state index contributed by atoms with van der Waals surface area (Å²) in [5.41, 5.74) is 4.87. The smallest absolute Gasteiger partial charge is 0.307 e. The van der Waals surface area contributed by atoms with Gasteiger partial charge in [-0.25, -0.2) is 5.43 Å². The van der Waals surface area contributed by atoms with Crippen molar-refractivity contribution in [2.75, 3.05) is 26.4 Å². The van der Waals surface area contributed by atoms with Gasteiger partial charge < -0.3 is 18.1 Å². The van der Waals surface area contributed by atoms with Gasteiger partial charge in [0.15, 0.2) is 0 Å². The summed E-state index contributed by atoms with van der Waals surface area (Å²) in [5.74, 6) is 0. The molecule has 8 nitrogen and oxygen atoms in total. The second-order valence-electron chi connectivity index (χ2n) is 5.75. The molecule has 0 radical (unpaired) electrons. The zero-order valence-corrected chi connectivity index (χ0v) is 17.7. The molecule has 2 N–H and O–H groups in total. The van der Waals surface area contributed by atoms with Crippen LogP contribution in [0.1, 0.15) is 59.8 Å². The maximum atomic E-state index is 13.3. The molecule has 0 saturated heterocycles. The first-order valence-corrected chi connectivity index (χ1v) is 12.5. The summed E-state index contributed by atoms with van der Waals surface area (Å²) in [6.45, 7) is 7.50. The van der Waals surface area contributed by atoms with Gasteiger partial charge in [0.25, 0.3) is 0 Å². The van der Waals surface area contributed by atoms with Crippen molar-refractivity contribution in [2.24, 2.45) is 0 Å². The Hall–Kier alpha value is 0.220. The van der Waals surface area contributed by atoms with Crippen LogP contribution in [0.2, 0.25) is 0 Å².